The average molecular weight is 250 g/mol. The number of hydrogen-bond donors (Lipinski definition) is 2. The number of hydrogen-bond acceptors (Lipinski definition) is 4. The lowest BCUT2D eigenvalue weighted by Crippen LogP contribution is -2.49. The Morgan fingerprint density at radius 1 is 1.56 bits per heavy atom. The molecular formula is C13H18N2O3. The molecule has 1 aliphatic rings. The van der Waals surface area contributed by atoms with Crippen molar-refractivity contribution in [3.63, 3.8) is 0 Å². The fourth-order valence-corrected chi connectivity index (χ4v) is 1.80. The van der Waals surface area contributed by atoms with E-state index in [9.17, 15) is 4.79 Å². The van der Waals surface area contributed by atoms with Gasteiger partial charge in [-0.1, -0.05) is 30.3 Å². The van der Waals surface area contributed by atoms with Gasteiger partial charge in [0.05, 0.1) is 25.2 Å². The van der Waals surface area contributed by atoms with Gasteiger partial charge in [-0.2, -0.15) is 0 Å². The van der Waals surface area contributed by atoms with Crippen molar-refractivity contribution in [2.24, 2.45) is 11.1 Å². The summed E-state index contributed by atoms with van der Waals surface area (Å²) >= 11 is 0. The van der Waals surface area contributed by atoms with Gasteiger partial charge in [-0.25, -0.2) is 5.48 Å². The minimum absolute atomic E-state index is 0.233. The highest BCUT2D eigenvalue weighted by atomic mass is 16.7. The maximum absolute atomic E-state index is 12.0. The summed E-state index contributed by atoms with van der Waals surface area (Å²) in [6.07, 6.45) is 0. The summed E-state index contributed by atoms with van der Waals surface area (Å²) < 4.78 is 5.22. The molecule has 0 aromatic heterocycles. The summed E-state index contributed by atoms with van der Waals surface area (Å²) in [6, 6.07) is 9.33. The van der Waals surface area contributed by atoms with Crippen LogP contribution in [0.5, 0.6) is 0 Å². The molecule has 1 aliphatic heterocycles. The molecule has 1 amide bonds. The number of rotatable bonds is 4. The molecule has 3 N–H and O–H groups in total. The van der Waals surface area contributed by atoms with Crippen LogP contribution in [0.2, 0.25) is 0 Å². The van der Waals surface area contributed by atoms with Crippen molar-refractivity contribution in [1.29, 1.82) is 0 Å². The third-order valence-electron chi connectivity index (χ3n) is 3.28. The predicted molar refractivity (Wildman–Crippen MR) is 66.3 cm³/mol. The molecule has 0 saturated carbocycles. The zero-order chi connectivity index (χ0) is 13.0. The van der Waals surface area contributed by atoms with Crippen LogP contribution < -0.4 is 11.2 Å². The molecule has 0 bridgehead atoms. The number of hydroxylamine groups is 1. The first kappa shape index (κ1) is 13.0. The molecule has 98 valence electrons. The topological polar surface area (TPSA) is 73.6 Å². The molecule has 5 nitrogen and oxygen atoms in total. The lowest BCUT2D eigenvalue weighted by Gasteiger charge is -2.24. The molecule has 2 unspecified atom stereocenters. The van der Waals surface area contributed by atoms with Gasteiger partial charge in [0, 0.05) is 6.04 Å². The van der Waals surface area contributed by atoms with Gasteiger partial charge in [-0.05, 0) is 12.5 Å². The maximum atomic E-state index is 12.0. The minimum atomic E-state index is -0.712. The van der Waals surface area contributed by atoms with Crippen molar-refractivity contribution >= 4 is 5.91 Å². The van der Waals surface area contributed by atoms with Crippen LogP contribution >= 0.6 is 0 Å². The molecule has 1 aromatic rings. The zero-order valence-electron chi connectivity index (χ0n) is 10.4. The Balaban J connectivity index is 1.82. The Morgan fingerprint density at radius 2 is 2.28 bits per heavy atom. The van der Waals surface area contributed by atoms with E-state index in [4.69, 9.17) is 15.3 Å². The van der Waals surface area contributed by atoms with E-state index in [0.29, 0.717) is 19.8 Å². The van der Waals surface area contributed by atoms with Gasteiger partial charge in [0.1, 0.15) is 0 Å². The highest BCUT2D eigenvalue weighted by molar-refractivity contribution is 5.82. The summed E-state index contributed by atoms with van der Waals surface area (Å²) in [5.41, 5.74) is 8.58. The van der Waals surface area contributed by atoms with Gasteiger partial charge in [-0.15, -0.1) is 0 Å². The smallest absolute Gasteiger partial charge is 0.253 e. The summed E-state index contributed by atoms with van der Waals surface area (Å²) in [5, 5.41) is 0. The summed E-state index contributed by atoms with van der Waals surface area (Å²) in [7, 11) is 0. The quantitative estimate of drug-likeness (QED) is 0.767. The molecule has 1 heterocycles. The molecule has 2 atom stereocenters. The van der Waals surface area contributed by atoms with E-state index in [1.807, 2.05) is 30.3 Å². The second-order valence-electron chi connectivity index (χ2n) is 4.74. The van der Waals surface area contributed by atoms with Gasteiger partial charge in [-0.3, -0.25) is 9.63 Å². The molecule has 18 heavy (non-hydrogen) atoms. The number of nitrogens with two attached hydrogens (primary N) is 1. The van der Waals surface area contributed by atoms with Gasteiger partial charge < -0.3 is 10.5 Å². The van der Waals surface area contributed by atoms with Crippen molar-refractivity contribution in [2.75, 3.05) is 13.2 Å². The number of amides is 1. The van der Waals surface area contributed by atoms with Gasteiger partial charge in [0.25, 0.3) is 5.91 Å². The fourth-order valence-electron chi connectivity index (χ4n) is 1.80. The summed E-state index contributed by atoms with van der Waals surface area (Å²) in [5.74, 6) is -0.233. The van der Waals surface area contributed by atoms with E-state index in [1.165, 1.54) is 0 Å². The van der Waals surface area contributed by atoms with Crippen molar-refractivity contribution in [2.45, 2.75) is 19.6 Å². The third-order valence-corrected chi connectivity index (χ3v) is 3.28. The average Bonchev–Trinajstić information content (AvgIpc) is 2.72. The van der Waals surface area contributed by atoms with Crippen LogP contribution in [0.25, 0.3) is 0 Å². The Kier molecular flexibility index (Phi) is 3.96. The van der Waals surface area contributed by atoms with Gasteiger partial charge in [0.15, 0.2) is 0 Å². The Labute approximate surface area is 106 Å². The SMILES string of the molecule is CC1(C(=O)NOCc2ccccc2)COCC1N. The normalized spacial score (nSPS) is 27.1. The first-order chi connectivity index (χ1) is 8.63. The van der Waals surface area contributed by atoms with Gasteiger partial charge >= 0.3 is 0 Å². The lowest BCUT2D eigenvalue weighted by atomic mass is 9.85. The van der Waals surface area contributed by atoms with E-state index in [2.05, 4.69) is 5.48 Å². The summed E-state index contributed by atoms with van der Waals surface area (Å²) in [4.78, 5) is 17.2. The van der Waals surface area contributed by atoms with Crippen LogP contribution in [0.15, 0.2) is 30.3 Å². The predicted octanol–water partition coefficient (Wildman–Crippen LogP) is 0.598. The van der Waals surface area contributed by atoms with E-state index >= 15 is 0 Å². The highest BCUT2D eigenvalue weighted by Gasteiger charge is 2.44. The zero-order valence-corrected chi connectivity index (χ0v) is 10.4. The second kappa shape index (κ2) is 5.48. The van der Waals surface area contributed by atoms with Crippen LogP contribution in [-0.4, -0.2) is 25.2 Å². The molecule has 0 radical (unpaired) electrons. The number of benzene rings is 1. The standard InChI is InChI=1S/C13H18N2O3/c1-13(9-17-8-11(13)14)12(16)15-18-7-10-5-3-2-4-6-10/h2-6,11H,7-9,14H2,1H3,(H,15,16). The van der Waals surface area contributed by atoms with E-state index in [-0.39, 0.29) is 11.9 Å². The van der Waals surface area contributed by atoms with Crippen molar-refractivity contribution in [3.8, 4) is 0 Å². The Hall–Kier alpha value is -1.43. The van der Waals surface area contributed by atoms with Crippen molar-refractivity contribution < 1.29 is 14.4 Å². The second-order valence-corrected chi connectivity index (χ2v) is 4.74. The molecule has 1 saturated heterocycles. The molecule has 0 spiro atoms. The molecular weight excluding hydrogens is 232 g/mol. The van der Waals surface area contributed by atoms with Crippen molar-refractivity contribution in [3.05, 3.63) is 35.9 Å². The molecule has 1 aromatic carbocycles. The van der Waals surface area contributed by atoms with Gasteiger partial charge in [0.2, 0.25) is 0 Å². The number of carbonyl (C=O) groups excluding carboxylic acids is 1. The maximum Gasteiger partial charge on any atom is 0.253 e. The third kappa shape index (κ3) is 2.69. The summed E-state index contributed by atoms with van der Waals surface area (Å²) in [6.45, 7) is 2.85. The first-order valence-electron chi connectivity index (χ1n) is 5.92. The van der Waals surface area contributed by atoms with Crippen LogP contribution in [0.4, 0.5) is 0 Å². The van der Waals surface area contributed by atoms with Crippen LogP contribution in [-0.2, 0) is 21.0 Å². The largest absolute Gasteiger partial charge is 0.379 e. The monoisotopic (exact) mass is 250 g/mol. The number of carbonyl (C=O) groups is 1. The molecule has 1 fully saturated rings. The fraction of sp³-hybridized carbons (Fsp3) is 0.462. The molecule has 0 aliphatic carbocycles. The van der Waals surface area contributed by atoms with Crippen LogP contribution in [0.1, 0.15) is 12.5 Å². The molecule has 5 heteroatoms. The molecule has 2 rings (SSSR count). The number of ether oxygens (including phenoxy) is 1. The number of nitrogens with one attached hydrogen (secondary N) is 1. The Morgan fingerprint density at radius 3 is 2.89 bits per heavy atom. The minimum Gasteiger partial charge on any atom is -0.379 e. The highest BCUT2D eigenvalue weighted by Crippen LogP contribution is 2.27. The Bertz CT molecular complexity index is 410. The van der Waals surface area contributed by atoms with E-state index < -0.39 is 5.41 Å². The lowest BCUT2D eigenvalue weighted by molar-refractivity contribution is -0.144. The van der Waals surface area contributed by atoms with Crippen LogP contribution in [0.3, 0.4) is 0 Å². The van der Waals surface area contributed by atoms with Crippen LogP contribution in [0, 0.1) is 5.41 Å². The van der Waals surface area contributed by atoms with E-state index in [1.54, 1.807) is 6.92 Å². The van der Waals surface area contributed by atoms with E-state index in [0.717, 1.165) is 5.56 Å². The first-order valence-corrected chi connectivity index (χ1v) is 5.92. The van der Waals surface area contributed by atoms with Crippen molar-refractivity contribution in [1.82, 2.24) is 5.48 Å².